The topological polar surface area (TPSA) is 45.5 Å². The molecule has 4 rings (SSSR count). The van der Waals surface area contributed by atoms with Crippen LogP contribution in [0.5, 0.6) is 0 Å². The summed E-state index contributed by atoms with van der Waals surface area (Å²) in [5.74, 6) is 0. The first-order valence-electron chi connectivity index (χ1n) is 7.55. The summed E-state index contributed by atoms with van der Waals surface area (Å²) < 4.78 is 6.33. The number of fused-ring (bicyclic) bond motifs is 1. The van der Waals surface area contributed by atoms with Gasteiger partial charge in [-0.2, -0.15) is 0 Å². The third-order valence-electron chi connectivity index (χ3n) is 4.13. The van der Waals surface area contributed by atoms with Crippen LogP contribution in [-0.4, -0.2) is 19.5 Å². The van der Waals surface area contributed by atoms with Gasteiger partial charge in [-0.1, -0.05) is 6.08 Å². The van der Waals surface area contributed by atoms with Crippen LogP contribution in [0.4, 0.5) is 11.4 Å². The third kappa shape index (κ3) is 2.58. The fourth-order valence-corrected chi connectivity index (χ4v) is 3.91. The van der Waals surface area contributed by atoms with Crippen LogP contribution in [0.2, 0.25) is 0 Å². The Hall–Kier alpha value is -2.37. The Morgan fingerprint density at radius 2 is 2.22 bits per heavy atom. The lowest BCUT2D eigenvalue weighted by atomic mass is 9.99. The zero-order valence-electron chi connectivity index (χ0n) is 12.5. The summed E-state index contributed by atoms with van der Waals surface area (Å²) in [6, 6.07) is 7.92. The molecule has 1 aliphatic rings. The Bertz CT molecular complexity index is 864. The number of anilines is 2. The number of hydrogen-bond acceptors (Lipinski definition) is 4. The van der Waals surface area contributed by atoms with Gasteiger partial charge in [-0.25, -0.2) is 0 Å². The van der Waals surface area contributed by atoms with Crippen LogP contribution in [0.3, 0.4) is 0 Å². The van der Waals surface area contributed by atoms with E-state index < -0.39 is 0 Å². The lowest BCUT2D eigenvalue weighted by Crippen LogP contribution is -2.19. The van der Waals surface area contributed by atoms with Gasteiger partial charge >= 0.3 is 0 Å². The van der Waals surface area contributed by atoms with E-state index in [4.69, 9.17) is 4.42 Å². The average Bonchev–Trinajstić information content (AvgIpc) is 3.26. The Morgan fingerprint density at radius 3 is 2.96 bits per heavy atom. The molecular weight excluding hydrogens is 308 g/mol. The van der Waals surface area contributed by atoms with Crippen molar-refractivity contribution in [2.24, 2.45) is 0 Å². The molecule has 1 amide bonds. The lowest BCUT2D eigenvalue weighted by molar-refractivity contribution is -0.106. The minimum absolute atomic E-state index is 0.734. The highest BCUT2D eigenvalue weighted by molar-refractivity contribution is 7.17. The normalized spacial score (nSPS) is 14.7. The number of amides is 1. The molecule has 1 N–H and O–H groups in total. The van der Waals surface area contributed by atoms with E-state index >= 15 is 0 Å². The predicted molar refractivity (Wildman–Crippen MR) is 94.2 cm³/mol. The summed E-state index contributed by atoms with van der Waals surface area (Å²) in [5.41, 5.74) is 4.25. The summed E-state index contributed by atoms with van der Waals surface area (Å²) in [7, 11) is 0. The highest BCUT2D eigenvalue weighted by Crippen LogP contribution is 2.36. The van der Waals surface area contributed by atoms with Gasteiger partial charge in [0.1, 0.15) is 6.26 Å². The summed E-state index contributed by atoms with van der Waals surface area (Å²) in [6.45, 7) is 1.93. The van der Waals surface area contributed by atoms with Crippen molar-refractivity contribution in [3.63, 3.8) is 0 Å². The number of hydrogen-bond donors (Lipinski definition) is 1. The highest BCUT2D eigenvalue weighted by Gasteiger charge is 2.15. The van der Waals surface area contributed by atoms with E-state index in [1.807, 2.05) is 6.07 Å². The molecule has 3 heterocycles. The Morgan fingerprint density at radius 1 is 1.26 bits per heavy atom. The summed E-state index contributed by atoms with van der Waals surface area (Å²) in [5, 5.41) is 6.77. The van der Waals surface area contributed by atoms with E-state index in [2.05, 4.69) is 28.9 Å². The van der Waals surface area contributed by atoms with Gasteiger partial charge in [0.2, 0.25) is 6.41 Å². The molecule has 0 saturated carbocycles. The van der Waals surface area contributed by atoms with Crippen molar-refractivity contribution in [1.82, 2.24) is 5.32 Å². The van der Waals surface area contributed by atoms with Gasteiger partial charge in [-0.05, 0) is 47.7 Å². The molecule has 1 aromatic carbocycles. The fourth-order valence-electron chi connectivity index (χ4n) is 2.95. The molecule has 2 aromatic heterocycles. The number of furan rings is 1. The predicted octanol–water partition coefficient (Wildman–Crippen LogP) is 4.17. The van der Waals surface area contributed by atoms with Gasteiger partial charge in [0.05, 0.1) is 12.0 Å². The first-order valence-corrected chi connectivity index (χ1v) is 8.43. The van der Waals surface area contributed by atoms with Crippen molar-refractivity contribution in [2.75, 3.05) is 18.0 Å². The number of benzene rings is 1. The fraction of sp³-hybridized carbons (Fsp3) is 0.167. The van der Waals surface area contributed by atoms with Gasteiger partial charge < -0.3 is 9.73 Å². The van der Waals surface area contributed by atoms with Gasteiger partial charge in [0, 0.05) is 28.4 Å². The van der Waals surface area contributed by atoms with E-state index in [0.717, 1.165) is 37.3 Å². The summed E-state index contributed by atoms with van der Waals surface area (Å²) in [6.07, 6.45) is 7.25. The maximum absolute atomic E-state index is 11.5. The smallest absolute Gasteiger partial charge is 0.218 e. The Labute approximate surface area is 138 Å². The number of nitrogens with zero attached hydrogens (tertiary/aromatic N) is 1. The third-order valence-corrected chi connectivity index (χ3v) is 5.10. The second kappa shape index (κ2) is 6.02. The molecule has 23 heavy (non-hydrogen) atoms. The molecular formula is C18H16N2O2S. The first-order chi connectivity index (χ1) is 11.4. The average molecular weight is 324 g/mol. The van der Waals surface area contributed by atoms with Crippen LogP contribution in [-0.2, 0) is 4.79 Å². The van der Waals surface area contributed by atoms with Crippen molar-refractivity contribution < 1.29 is 9.21 Å². The molecule has 5 heteroatoms. The van der Waals surface area contributed by atoms with Gasteiger partial charge in [-0.15, -0.1) is 11.3 Å². The van der Waals surface area contributed by atoms with Gasteiger partial charge in [0.15, 0.2) is 0 Å². The molecule has 3 aromatic rings. The lowest BCUT2D eigenvalue weighted by Gasteiger charge is -2.16. The van der Waals surface area contributed by atoms with E-state index in [-0.39, 0.29) is 0 Å². The molecule has 1 aliphatic heterocycles. The number of thiophene rings is 1. The van der Waals surface area contributed by atoms with Crippen LogP contribution >= 0.6 is 11.3 Å². The molecule has 0 aliphatic carbocycles. The largest absolute Gasteiger partial charge is 0.470 e. The Balaban J connectivity index is 1.80. The second-order valence-corrected chi connectivity index (χ2v) is 6.38. The molecule has 0 unspecified atom stereocenters. The number of nitrogens with one attached hydrogen (secondary N) is 1. The first kappa shape index (κ1) is 14.2. The molecule has 0 bridgehead atoms. The van der Waals surface area contributed by atoms with Crippen LogP contribution in [0.15, 0.2) is 52.7 Å². The van der Waals surface area contributed by atoms with Crippen LogP contribution in [0.1, 0.15) is 12.0 Å². The molecule has 0 spiro atoms. The summed E-state index contributed by atoms with van der Waals surface area (Å²) in [4.78, 5) is 13.1. The molecule has 0 saturated heterocycles. The van der Waals surface area contributed by atoms with Crippen molar-refractivity contribution >= 4 is 44.8 Å². The van der Waals surface area contributed by atoms with E-state index in [9.17, 15) is 4.79 Å². The summed E-state index contributed by atoms with van der Waals surface area (Å²) >= 11 is 1.75. The quantitative estimate of drug-likeness (QED) is 0.733. The molecule has 0 radical (unpaired) electrons. The standard InChI is InChI=1S/C18H16N2O2S/c21-12-20(15-5-8-22-10-15)14-1-2-18-16(9-14)17(11-23-18)13-3-6-19-7-4-13/h1-3,5,8-12,19H,4,6-7H2. The minimum atomic E-state index is 0.734. The van der Waals surface area contributed by atoms with Crippen molar-refractivity contribution in [3.05, 3.63) is 53.8 Å². The SMILES string of the molecule is O=CN(c1ccoc1)c1ccc2scc(C3=CCNCC3)c2c1. The van der Waals surface area contributed by atoms with Crippen LogP contribution in [0.25, 0.3) is 15.7 Å². The molecule has 4 nitrogen and oxygen atoms in total. The van der Waals surface area contributed by atoms with Gasteiger partial charge in [-0.3, -0.25) is 9.69 Å². The highest BCUT2D eigenvalue weighted by atomic mass is 32.1. The molecule has 116 valence electrons. The molecule has 0 fully saturated rings. The second-order valence-electron chi connectivity index (χ2n) is 5.47. The number of carbonyl (C=O) groups is 1. The maximum Gasteiger partial charge on any atom is 0.218 e. The zero-order valence-corrected chi connectivity index (χ0v) is 13.3. The maximum atomic E-state index is 11.5. The van der Waals surface area contributed by atoms with E-state index in [1.165, 1.54) is 21.2 Å². The monoisotopic (exact) mass is 324 g/mol. The number of rotatable bonds is 4. The number of carbonyl (C=O) groups excluding carboxylic acids is 1. The van der Waals surface area contributed by atoms with Crippen molar-refractivity contribution in [2.45, 2.75) is 6.42 Å². The van der Waals surface area contributed by atoms with Crippen LogP contribution in [0, 0.1) is 0 Å². The van der Waals surface area contributed by atoms with E-state index in [1.54, 1.807) is 34.8 Å². The Kier molecular flexibility index (Phi) is 3.73. The zero-order chi connectivity index (χ0) is 15.6. The van der Waals surface area contributed by atoms with Crippen molar-refractivity contribution in [1.29, 1.82) is 0 Å². The van der Waals surface area contributed by atoms with E-state index in [0.29, 0.717) is 0 Å². The van der Waals surface area contributed by atoms with Crippen molar-refractivity contribution in [3.8, 4) is 0 Å². The van der Waals surface area contributed by atoms with Crippen LogP contribution < -0.4 is 10.2 Å². The molecule has 0 atom stereocenters. The minimum Gasteiger partial charge on any atom is -0.470 e. The van der Waals surface area contributed by atoms with Gasteiger partial charge in [0.25, 0.3) is 0 Å².